The summed E-state index contributed by atoms with van der Waals surface area (Å²) in [7, 11) is 0. The lowest BCUT2D eigenvalue weighted by Crippen LogP contribution is -2.39. The van der Waals surface area contributed by atoms with Gasteiger partial charge >= 0.3 is 0 Å². The average molecular weight is 601 g/mol. The molecule has 4 atom stereocenters. The highest BCUT2D eigenvalue weighted by atomic mass is 16.3. The third kappa shape index (κ3) is 10.9. The van der Waals surface area contributed by atoms with Crippen LogP contribution in [0.2, 0.25) is 0 Å². The molecule has 0 heterocycles. The fourth-order valence-electron chi connectivity index (χ4n) is 5.94. The van der Waals surface area contributed by atoms with E-state index < -0.39 is 24.4 Å². The lowest BCUT2D eigenvalue weighted by molar-refractivity contribution is 0.00681. The van der Waals surface area contributed by atoms with Gasteiger partial charge in [0, 0.05) is 0 Å². The number of aliphatic hydroxyl groups excluding tert-OH is 4. The predicted octanol–water partition coefficient (Wildman–Crippen LogP) is 8.49. The Hall–Kier alpha value is -3.02. The quantitative estimate of drug-likeness (QED) is 0.190. The topological polar surface area (TPSA) is 80.9 Å². The summed E-state index contributed by atoms with van der Waals surface area (Å²) in [6, 6.07) is 0. The van der Waals surface area contributed by atoms with Crippen LogP contribution in [0.15, 0.2) is 130 Å². The summed E-state index contributed by atoms with van der Waals surface area (Å²) in [6.45, 7) is 20.5. The van der Waals surface area contributed by atoms with Crippen molar-refractivity contribution in [3.63, 3.8) is 0 Å². The van der Waals surface area contributed by atoms with Gasteiger partial charge in [0.2, 0.25) is 0 Å². The number of rotatable bonds is 10. The molecule has 0 spiro atoms. The van der Waals surface area contributed by atoms with Gasteiger partial charge in [0.1, 0.15) is 12.2 Å². The maximum atomic E-state index is 10.3. The summed E-state index contributed by atoms with van der Waals surface area (Å²) >= 11 is 0. The first-order valence-corrected chi connectivity index (χ1v) is 15.7. The van der Waals surface area contributed by atoms with E-state index in [1.807, 2.05) is 38.2 Å². The molecule has 0 bridgehead atoms. The first-order valence-electron chi connectivity index (χ1n) is 15.7. The molecule has 4 heteroatoms. The van der Waals surface area contributed by atoms with Crippen molar-refractivity contribution in [2.45, 2.75) is 106 Å². The van der Waals surface area contributed by atoms with Crippen molar-refractivity contribution in [2.24, 2.45) is 10.8 Å². The Balaban J connectivity index is 1.94. The van der Waals surface area contributed by atoms with E-state index in [4.69, 9.17) is 0 Å². The van der Waals surface area contributed by atoms with Gasteiger partial charge in [-0.3, -0.25) is 0 Å². The molecule has 0 amide bonds. The monoisotopic (exact) mass is 600 g/mol. The van der Waals surface area contributed by atoms with Crippen LogP contribution >= 0.6 is 0 Å². The Labute approximate surface area is 267 Å². The van der Waals surface area contributed by atoms with Crippen molar-refractivity contribution in [3.8, 4) is 0 Å². The van der Waals surface area contributed by atoms with Gasteiger partial charge in [-0.25, -0.2) is 0 Å². The average Bonchev–Trinajstić information content (AvgIpc) is 2.92. The smallest absolute Gasteiger partial charge is 0.101 e. The molecule has 0 radical (unpaired) electrons. The van der Waals surface area contributed by atoms with E-state index in [1.165, 1.54) is 0 Å². The van der Waals surface area contributed by atoms with Crippen molar-refractivity contribution in [3.05, 3.63) is 130 Å². The third-order valence-electron chi connectivity index (χ3n) is 8.65. The maximum absolute atomic E-state index is 10.3. The molecular formula is C40H56O4. The van der Waals surface area contributed by atoms with Gasteiger partial charge in [-0.2, -0.15) is 0 Å². The molecule has 0 aromatic carbocycles. The largest absolute Gasteiger partial charge is 0.390 e. The minimum absolute atomic E-state index is 0.182. The molecule has 2 aliphatic carbocycles. The van der Waals surface area contributed by atoms with Crippen LogP contribution < -0.4 is 0 Å². The summed E-state index contributed by atoms with van der Waals surface area (Å²) < 4.78 is 0. The summed E-state index contributed by atoms with van der Waals surface area (Å²) in [6.07, 6.45) is 26.9. The Morgan fingerprint density at radius 1 is 0.523 bits per heavy atom. The van der Waals surface area contributed by atoms with Gasteiger partial charge in [-0.05, 0) is 87.5 Å². The number of hydrogen-bond acceptors (Lipinski definition) is 4. The maximum Gasteiger partial charge on any atom is 0.101 e. The van der Waals surface area contributed by atoms with Crippen LogP contribution in [0.3, 0.4) is 0 Å². The van der Waals surface area contributed by atoms with Gasteiger partial charge in [-0.1, -0.05) is 135 Å². The molecule has 44 heavy (non-hydrogen) atoms. The molecule has 0 fully saturated rings. The van der Waals surface area contributed by atoms with E-state index in [0.29, 0.717) is 12.8 Å². The molecule has 0 saturated heterocycles. The summed E-state index contributed by atoms with van der Waals surface area (Å²) in [5.74, 6) is 0. The van der Waals surface area contributed by atoms with Crippen LogP contribution in [-0.4, -0.2) is 44.8 Å². The van der Waals surface area contributed by atoms with Gasteiger partial charge in [0.05, 0.1) is 12.2 Å². The van der Waals surface area contributed by atoms with Crippen LogP contribution in [0.4, 0.5) is 0 Å². The summed E-state index contributed by atoms with van der Waals surface area (Å²) in [5, 5.41) is 40.8. The van der Waals surface area contributed by atoms with Crippen molar-refractivity contribution in [2.75, 3.05) is 0 Å². The molecule has 0 saturated carbocycles. The second-order valence-corrected chi connectivity index (χ2v) is 13.8. The van der Waals surface area contributed by atoms with Crippen LogP contribution in [0, 0.1) is 10.8 Å². The minimum Gasteiger partial charge on any atom is -0.390 e. The molecule has 4 nitrogen and oxygen atoms in total. The molecule has 0 aromatic rings. The standard InChI is InChI=1S/C40H56O4/c1-27(17-13-19-29(3)21-23-33-31(5)37(43)35(41)25-39(33,7)8)15-11-12-16-28(2)18-14-20-30(4)22-24-34-32(6)38(44)36(42)26-40(34,9)10/h11-24,35-38,41-44H,25-26H2,1-10H3/b12-11+,17-13+,18-14+,23-21+,24-22+,27-15+,28-16+,29-19+,30-20+/t35-,36+,37-,38-/m1/s1. The SMILES string of the molecule is CC1=C(/C=C/C(C)=C/C=C/C(C)=C/C=C/C=C(C)/C=C/C=C(C)/C=C/C2=C(C)[C@@H](O)[C@@H](O)CC2(C)C)C(C)(C)C[C@@H](O)[C@@H]1O. The zero-order valence-corrected chi connectivity index (χ0v) is 28.6. The second kappa shape index (κ2) is 16.3. The first-order chi connectivity index (χ1) is 20.5. The molecule has 0 unspecified atom stereocenters. The summed E-state index contributed by atoms with van der Waals surface area (Å²) in [4.78, 5) is 0. The Morgan fingerprint density at radius 3 is 1.16 bits per heavy atom. The third-order valence-corrected chi connectivity index (χ3v) is 8.65. The zero-order chi connectivity index (χ0) is 33.2. The highest BCUT2D eigenvalue weighted by Gasteiger charge is 2.37. The predicted molar refractivity (Wildman–Crippen MR) is 187 cm³/mol. The second-order valence-electron chi connectivity index (χ2n) is 13.8. The van der Waals surface area contributed by atoms with Crippen LogP contribution in [0.5, 0.6) is 0 Å². The Bertz CT molecular complexity index is 1260. The molecule has 2 aliphatic rings. The van der Waals surface area contributed by atoms with Gasteiger partial charge in [-0.15, -0.1) is 0 Å². The number of aliphatic hydroxyl groups is 4. The highest BCUT2D eigenvalue weighted by molar-refractivity contribution is 5.41. The molecule has 0 aliphatic heterocycles. The van der Waals surface area contributed by atoms with Gasteiger partial charge in [0.15, 0.2) is 0 Å². The Kier molecular flexibility index (Phi) is 13.8. The Morgan fingerprint density at radius 2 is 0.818 bits per heavy atom. The fraction of sp³-hybridized carbons (Fsp3) is 0.450. The van der Waals surface area contributed by atoms with Crippen molar-refractivity contribution < 1.29 is 20.4 Å². The van der Waals surface area contributed by atoms with Crippen molar-refractivity contribution in [1.29, 1.82) is 0 Å². The van der Waals surface area contributed by atoms with Crippen molar-refractivity contribution in [1.82, 2.24) is 0 Å². The molecule has 4 N–H and O–H groups in total. The number of allylic oxidation sites excluding steroid dienone is 20. The lowest BCUT2D eigenvalue weighted by Gasteiger charge is -2.38. The van der Waals surface area contributed by atoms with E-state index in [1.54, 1.807) is 0 Å². The van der Waals surface area contributed by atoms with E-state index in [0.717, 1.165) is 44.6 Å². The normalized spacial score (nSPS) is 27.9. The minimum atomic E-state index is -0.799. The molecule has 0 aromatic heterocycles. The van der Waals surface area contributed by atoms with Crippen LogP contribution in [0.25, 0.3) is 0 Å². The highest BCUT2D eigenvalue weighted by Crippen LogP contribution is 2.42. The van der Waals surface area contributed by atoms with E-state index >= 15 is 0 Å². The number of hydrogen-bond donors (Lipinski definition) is 4. The van der Waals surface area contributed by atoms with E-state index in [9.17, 15) is 20.4 Å². The van der Waals surface area contributed by atoms with E-state index in [-0.39, 0.29) is 10.8 Å². The van der Waals surface area contributed by atoms with Gasteiger partial charge in [0.25, 0.3) is 0 Å². The lowest BCUT2D eigenvalue weighted by atomic mass is 9.70. The zero-order valence-electron chi connectivity index (χ0n) is 28.6. The summed E-state index contributed by atoms with van der Waals surface area (Å²) in [5.41, 5.74) is 7.98. The first kappa shape index (κ1) is 37.2. The van der Waals surface area contributed by atoms with Crippen molar-refractivity contribution >= 4 is 0 Å². The fourth-order valence-corrected chi connectivity index (χ4v) is 5.94. The molecule has 2 rings (SSSR count). The van der Waals surface area contributed by atoms with E-state index in [2.05, 4.69) is 116 Å². The van der Waals surface area contributed by atoms with Gasteiger partial charge < -0.3 is 20.4 Å². The molecule has 240 valence electrons. The molecular weight excluding hydrogens is 544 g/mol. The van der Waals surface area contributed by atoms with Crippen LogP contribution in [0.1, 0.15) is 82.1 Å². The van der Waals surface area contributed by atoms with Crippen LogP contribution in [-0.2, 0) is 0 Å².